The largest absolute Gasteiger partial charge is 0.297 e. The quantitative estimate of drug-likeness (QED) is 0.803. The van der Waals surface area contributed by atoms with Crippen LogP contribution in [0.4, 0.5) is 0 Å². The molecule has 0 N–H and O–H groups in total. The van der Waals surface area contributed by atoms with Gasteiger partial charge in [0, 0.05) is 10.1 Å². The lowest BCUT2D eigenvalue weighted by Gasteiger charge is -2.39. The summed E-state index contributed by atoms with van der Waals surface area (Å²) in [6.45, 7) is 3.96. The highest BCUT2D eigenvalue weighted by Crippen LogP contribution is 2.45. The molecule has 3 rings (SSSR count). The predicted octanol–water partition coefficient (Wildman–Crippen LogP) is 4.73. The number of ketones is 1. The van der Waals surface area contributed by atoms with E-state index >= 15 is 0 Å². The molecule has 1 aliphatic carbocycles. The highest BCUT2D eigenvalue weighted by atomic mass is 32.1. The lowest BCUT2D eigenvalue weighted by molar-refractivity contribution is -0.138. The van der Waals surface area contributed by atoms with E-state index in [1.807, 2.05) is 26.0 Å². The molecule has 1 aliphatic rings. The second kappa shape index (κ2) is 4.96. The number of Topliss-reactive ketones (excluding diaryl/α,β-unsaturated/α-hetero) is 1. The molecular formula is C18H19NOS. The van der Waals surface area contributed by atoms with E-state index in [1.54, 1.807) is 11.3 Å². The van der Waals surface area contributed by atoms with Crippen molar-refractivity contribution in [3.05, 3.63) is 35.2 Å². The zero-order chi connectivity index (χ0) is 15.1. The molecule has 1 unspecified atom stereocenters. The molecule has 1 saturated carbocycles. The minimum atomic E-state index is -0.842. The van der Waals surface area contributed by atoms with Crippen LogP contribution in [-0.4, -0.2) is 5.78 Å². The Labute approximate surface area is 129 Å². The van der Waals surface area contributed by atoms with E-state index in [4.69, 9.17) is 0 Å². The maximum atomic E-state index is 12.8. The smallest absolute Gasteiger partial charge is 0.158 e. The Kier molecular flexibility index (Phi) is 3.37. The fourth-order valence-electron chi connectivity index (χ4n) is 3.52. The lowest BCUT2D eigenvalue weighted by atomic mass is 9.61. The predicted molar refractivity (Wildman–Crippen MR) is 86.2 cm³/mol. The second-order valence-corrected chi connectivity index (χ2v) is 7.61. The third-order valence-corrected chi connectivity index (χ3v) is 5.73. The summed E-state index contributed by atoms with van der Waals surface area (Å²) >= 11 is 1.69. The molecule has 3 heteroatoms. The van der Waals surface area contributed by atoms with Crippen molar-refractivity contribution in [3.63, 3.8) is 0 Å². The molecule has 1 fully saturated rings. The topological polar surface area (TPSA) is 40.9 Å². The Bertz CT molecular complexity index is 737. The number of rotatable bonds is 2. The standard InChI is InChI=1S/C18H19NOS/c1-17(2)8-5-9-18(12-19,16(17)20)10-13-11-21-15-7-4-3-6-14(13)15/h3-4,6-7,11H,5,8-10H2,1-2H3. The van der Waals surface area contributed by atoms with Gasteiger partial charge in [-0.1, -0.05) is 38.5 Å². The summed E-state index contributed by atoms with van der Waals surface area (Å²) in [6, 6.07) is 10.6. The van der Waals surface area contributed by atoms with E-state index in [2.05, 4.69) is 23.6 Å². The third kappa shape index (κ3) is 2.28. The van der Waals surface area contributed by atoms with Gasteiger partial charge in [-0.25, -0.2) is 0 Å². The fourth-order valence-corrected chi connectivity index (χ4v) is 4.48. The Morgan fingerprint density at radius 1 is 1.29 bits per heavy atom. The average molecular weight is 297 g/mol. The van der Waals surface area contributed by atoms with Gasteiger partial charge in [-0.2, -0.15) is 5.26 Å². The zero-order valence-corrected chi connectivity index (χ0v) is 13.3. The zero-order valence-electron chi connectivity index (χ0n) is 12.5. The number of nitriles is 1. The fraction of sp³-hybridized carbons (Fsp3) is 0.444. The van der Waals surface area contributed by atoms with Crippen molar-refractivity contribution in [3.8, 4) is 6.07 Å². The maximum Gasteiger partial charge on any atom is 0.158 e. The van der Waals surface area contributed by atoms with Gasteiger partial charge in [-0.3, -0.25) is 4.79 Å². The molecule has 108 valence electrons. The lowest BCUT2D eigenvalue weighted by Crippen LogP contribution is -2.45. The second-order valence-electron chi connectivity index (χ2n) is 6.69. The minimum absolute atomic E-state index is 0.124. The first-order valence-corrected chi connectivity index (χ1v) is 8.28. The first kappa shape index (κ1) is 14.3. The molecular weight excluding hydrogens is 278 g/mol. The summed E-state index contributed by atoms with van der Waals surface area (Å²) < 4.78 is 1.23. The SMILES string of the molecule is CC1(C)CCCC(C#N)(Cc2csc3ccccc23)C1=O. The Hall–Kier alpha value is -1.66. The van der Waals surface area contributed by atoms with Gasteiger partial charge in [0.2, 0.25) is 0 Å². The van der Waals surface area contributed by atoms with E-state index in [0.717, 1.165) is 18.4 Å². The summed E-state index contributed by atoms with van der Waals surface area (Å²) in [5.74, 6) is 0.124. The number of carbonyl (C=O) groups is 1. The van der Waals surface area contributed by atoms with Crippen LogP contribution in [0.15, 0.2) is 29.6 Å². The molecule has 0 aliphatic heterocycles. The van der Waals surface area contributed by atoms with Crippen LogP contribution in [0.25, 0.3) is 10.1 Å². The number of hydrogen-bond donors (Lipinski definition) is 0. The maximum absolute atomic E-state index is 12.8. The normalized spacial score (nSPS) is 24.9. The van der Waals surface area contributed by atoms with E-state index in [1.165, 1.54) is 10.1 Å². The van der Waals surface area contributed by atoms with Crippen LogP contribution in [0.3, 0.4) is 0 Å². The molecule has 1 aromatic carbocycles. The van der Waals surface area contributed by atoms with Gasteiger partial charge in [0.1, 0.15) is 5.41 Å². The van der Waals surface area contributed by atoms with Gasteiger partial charge < -0.3 is 0 Å². The van der Waals surface area contributed by atoms with Crippen molar-refractivity contribution < 1.29 is 4.79 Å². The van der Waals surface area contributed by atoms with Crippen LogP contribution in [-0.2, 0) is 11.2 Å². The molecule has 0 radical (unpaired) electrons. The van der Waals surface area contributed by atoms with E-state index in [-0.39, 0.29) is 11.2 Å². The summed E-state index contributed by atoms with van der Waals surface area (Å²) in [6.07, 6.45) is 3.08. The highest BCUT2D eigenvalue weighted by Gasteiger charge is 2.49. The van der Waals surface area contributed by atoms with Gasteiger partial charge in [0.25, 0.3) is 0 Å². The van der Waals surface area contributed by atoms with Gasteiger partial charge in [0.05, 0.1) is 6.07 Å². The number of fused-ring (bicyclic) bond motifs is 1. The van der Waals surface area contributed by atoms with Gasteiger partial charge in [-0.15, -0.1) is 11.3 Å². The average Bonchev–Trinajstić information content (AvgIpc) is 2.87. The third-order valence-electron chi connectivity index (χ3n) is 4.72. The van der Waals surface area contributed by atoms with Crippen LogP contribution in [0.2, 0.25) is 0 Å². The Balaban J connectivity index is 2.02. The van der Waals surface area contributed by atoms with Crippen molar-refractivity contribution >= 4 is 27.2 Å². The van der Waals surface area contributed by atoms with Crippen molar-refractivity contribution in [1.82, 2.24) is 0 Å². The van der Waals surface area contributed by atoms with Crippen molar-refractivity contribution in [2.24, 2.45) is 10.8 Å². The van der Waals surface area contributed by atoms with Crippen molar-refractivity contribution in [2.75, 3.05) is 0 Å². The highest BCUT2D eigenvalue weighted by molar-refractivity contribution is 7.17. The van der Waals surface area contributed by atoms with Crippen molar-refractivity contribution in [2.45, 2.75) is 39.5 Å². The van der Waals surface area contributed by atoms with Crippen LogP contribution >= 0.6 is 11.3 Å². The molecule has 21 heavy (non-hydrogen) atoms. The number of benzene rings is 1. The number of hydrogen-bond acceptors (Lipinski definition) is 3. The summed E-state index contributed by atoms with van der Waals surface area (Å²) in [5.41, 5.74) is -0.0750. The Morgan fingerprint density at radius 2 is 2.05 bits per heavy atom. The molecule has 2 nitrogen and oxygen atoms in total. The molecule has 1 atom stereocenters. The molecule has 0 spiro atoms. The van der Waals surface area contributed by atoms with Crippen LogP contribution in [0.5, 0.6) is 0 Å². The van der Waals surface area contributed by atoms with Crippen LogP contribution in [0.1, 0.15) is 38.7 Å². The van der Waals surface area contributed by atoms with E-state index < -0.39 is 5.41 Å². The molecule has 0 bridgehead atoms. The van der Waals surface area contributed by atoms with E-state index in [0.29, 0.717) is 12.8 Å². The van der Waals surface area contributed by atoms with Gasteiger partial charge >= 0.3 is 0 Å². The molecule has 0 amide bonds. The molecule has 1 aromatic heterocycles. The van der Waals surface area contributed by atoms with E-state index in [9.17, 15) is 10.1 Å². The van der Waals surface area contributed by atoms with Gasteiger partial charge in [0.15, 0.2) is 5.78 Å². The number of thiophene rings is 1. The van der Waals surface area contributed by atoms with Crippen LogP contribution < -0.4 is 0 Å². The van der Waals surface area contributed by atoms with Gasteiger partial charge in [-0.05, 0) is 41.7 Å². The van der Waals surface area contributed by atoms with Crippen LogP contribution in [0, 0.1) is 22.2 Å². The minimum Gasteiger partial charge on any atom is -0.297 e. The number of nitrogens with zero attached hydrogens (tertiary/aromatic N) is 1. The molecule has 0 saturated heterocycles. The summed E-state index contributed by atoms with van der Waals surface area (Å²) in [4.78, 5) is 12.8. The summed E-state index contributed by atoms with van der Waals surface area (Å²) in [7, 11) is 0. The number of carbonyl (C=O) groups excluding carboxylic acids is 1. The molecule has 2 aromatic rings. The molecule has 1 heterocycles. The van der Waals surface area contributed by atoms with Crippen molar-refractivity contribution in [1.29, 1.82) is 5.26 Å². The first-order valence-electron chi connectivity index (χ1n) is 7.40. The monoisotopic (exact) mass is 297 g/mol. The summed E-state index contributed by atoms with van der Waals surface area (Å²) in [5, 5.41) is 13.0. The Morgan fingerprint density at radius 3 is 2.81 bits per heavy atom. The first-order chi connectivity index (χ1) is 9.98.